The second kappa shape index (κ2) is 6.30. The maximum Gasteiger partial charge on any atom is 0.141 e. The molecular weight excluding hydrogens is 370 g/mol. The average molecular weight is 385 g/mol. The summed E-state index contributed by atoms with van der Waals surface area (Å²) in [7, 11) is 0. The van der Waals surface area contributed by atoms with Crippen LogP contribution >= 0.6 is 39.7 Å². The average Bonchev–Trinajstić information content (AvgIpc) is 2.34. The van der Waals surface area contributed by atoms with Crippen LogP contribution in [-0.2, 0) is 0 Å². The second-order valence-electron chi connectivity index (χ2n) is 4.87. The van der Waals surface area contributed by atoms with Crippen molar-refractivity contribution in [2.45, 2.75) is 20.8 Å². The van der Waals surface area contributed by atoms with Crippen LogP contribution in [-0.4, -0.2) is 9.97 Å². The number of rotatable bonds is 3. The Hall–Kier alpha value is -1.17. The smallest absolute Gasteiger partial charge is 0.141 e. The van der Waals surface area contributed by atoms with Gasteiger partial charge in [0.05, 0.1) is 11.3 Å². The quantitative estimate of drug-likeness (QED) is 0.746. The molecule has 1 aromatic carbocycles. The molecule has 2 aromatic rings. The Morgan fingerprint density at radius 1 is 1.24 bits per heavy atom. The number of aromatic nitrogens is 1. The number of benzene rings is 1. The number of nitrogens with zero attached hydrogens (tertiary/aromatic N) is 1. The van der Waals surface area contributed by atoms with E-state index >= 15 is 0 Å². The molecule has 21 heavy (non-hydrogen) atoms. The van der Waals surface area contributed by atoms with Crippen LogP contribution in [0.4, 0.5) is 11.5 Å². The van der Waals surface area contributed by atoms with Gasteiger partial charge in [-0.1, -0.05) is 23.8 Å². The third kappa shape index (κ3) is 3.54. The van der Waals surface area contributed by atoms with Crippen LogP contribution in [0.5, 0.6) is 0 Å². The van der Waals surface area contributed by atoms with E-state index in [1.54, 1.807) is 0 Å². The standard InChI is InChI=1S/C15H15BrClN3S/c1-7-5-10(16)12(6-11(7)17)20-15-13(14(18)21)8(2)4-9(3)19-15/h4-6H,1-3H3,(H2,18,21)(H,19,20). The Labute approximate surface area is 143 Å². The lowest BCUT2D eigenvalue weighted by atomic mass is 10.1. The first-order valence-electron chi connectivity index (χ1n) is 6.30. The van der Waals surface area contributed by atoms with Gasteiger partial charge in [-0.05, 0) is 66.0 Å². The van der Waals surface area contributed by atoms with Gasteiger partial charge in [0.2, 0.25) is 0 Å². The Morgan fingerprint density at radius 2 is 1.90 bits per heavy atom. The lowest BCUT2D eigenvalue weighted by Crippen LogP contribution is -2.15. The summed E-state index contributed by atoms with van der Waals surface area (Å²) in [6.07, 6.45) is 0. The number of aryl methyl sites for hydroxylation is 3. The third-order valence-electron chi connectivity index (χ3n) is 3.09. The molecule has 110 valence electrons. The van der Waals surface area contributed by atoms with E-state index in [1.807, 2.05) is 39.0 Å². The fourth-order valence-corrected chi connectivity index (χ4v) is 3.09. The summed E-state index contributed by atoms with van der Waals surface area (Å²) in [6.45, 7) is 5.84. The minimum absolute atomic E-state index is 0.317. The number of hydrogen-bond donors (Lipinski definition) is 2. The Kier molecular flexibility index (Phi) is 4.86. The highest BCUT2D eigenvalue weighted by molar-refractivity contribution is 9.10. The number of pyridine rings is 1. The second-order valence-corrected chi connectivity index (χ2v) is 6.58. The van der Waals surface area contributed by atoms with Gasteiger partial charge < -0.3 is 11.1 Å². The SMILES string of the molecule is Cc1cc(C)c(C(N)=S)c(Nc2cc(Cl)c(C)cc2Br)n1. The molecule has 2 rings (SSSR count). The molecule has 0 fully saturated rings. The molecule has 0 aliphatic heterocycles. The summed E-state index contributed by atoms with van der Waals surface area (Å²) in [5.74, 6) is 0.639. The molecule has 6 heteroatoms. The van der Waals surface area contributed by atoms with Gasteiger partial charge in [0.25, 0.3) is 0 Å². The maximum absolute atomic E-state index is 6.19. The van der Waals surface area contributed by atoms with Crippen molar-refractivity contribution < 1.29 is 0 Å². The zero-order valence-electron chi connectivity index (χ0n) is 11.9. The highest BCUT2D eigenvalue weighted by Gasteiger charge is 2.13. The van der Waals surface area contributed by atoms with Gasteiger partial charge in [-0.25, -0.2) is 4.98 Å². The Bertz CT molecular complexity index is 731. The van der Waals surface area contributed by atoms with Crippen molar-refractivity contribution in [3.63, 3.8) is 0 Å². The molecule has 0 saturated carbocycles. The Morgan fingerprint density at radius 3 is 2.52 bits per heavy atom. The first-order chi connectivity index (χ1) is 9.79. The predicted molar refractivity (Wildman–Crippen MR) is 96.8 cm³/mol. The monoisotopic (exact) mass is 383 g/mol. The fourth-order valence-electron chi connectivity index (χ4n) is 2.11. The third-order valence-corrected chi connectivity index (χ3v) is 4.36. The highest BCUT2D eigenvalue weighted by Crippen LogP contribution is 2.32. The first kappa shape index (κ1) is 16.2. The van der Waals surface area contributed by atoms with Crippen molar-refractivity contribution in [2.24, 2.45) is 5.73 Å². The first-order valence-corrected chi connectivity index (χ1v) is 7.88. The number of thiocarbonyl (C=S) groups is 1. The predicted octanol–water partition coefficient (Wildman–Crippen LogP) is 4.80. The molecule has 0 bridgehead atoms. The van der Waals surface area contributed by atoms with Crippen molar-refractivity contribution in [3.8, 4) is 0 Å². The maximum atomic E-state index is 6.19. The van der Waals surface area contributed by atoms with E-state index in [0.29, 0.717) is 15.8 Å². The van der Waals surface area contributed by atoms with E-state index in [-0.39, 0.29) is 0 Å². The van der Waals surface area contributed by atoms with E-state index in [0.717, 1.165) is 32.5 Å². The minimum atomic E-state index is 0.317. The molecule has 3 N–H and O–H groups in total. The van der Waals surface area contributed by atoms with Gasteiger partial charge in [-0.15, -0.1) is 0 Å². The van der Waals surface area contributed by atoms with Crippen molar-refractivity contribution in [1.82, 2.24) is 4.98 Å². The van der Waals surface area contributed by atoms with Crippen LogP contribution in [0.15, 0.2) is 22.7 Å². The summed E-state index contributed by atoms with van der Waals surface area (Å²) in [4.78, 5) is 4.82. The van der Waals surface area contributed by atoms with Gasteiger partial charge in [-0.2, -0.15) is 0 Å². The van der Waals surface area contributed by atoms with Crippen LogP contribution in [0.3, 0.4) is 0 Å². The summed E-state index contributed by atoms with van der Waals surface area (Å²) >= 11 is 14.8. The van der Waals surface area contributed by atoms with Crippen LogP contribution in [0.25, 0.3) is 0 Å². The number of nitrogens with one attached hydrogen (secondary N) is 1. The summed E-state index contributed by atoms with van der Waals surface area (Å²) in [6, 6.07) is 5.76. The molecule has 0 unspecified atom stereocenters. The molecule has 1 aromatic heterocycles. The zero-order chi connectivity index (χ0) is 15.7. The van der Waals surface area contributed by atoms with Crippen molar-refractivity contribution in [2.75, 3.05) is 5.32 Å². The van der Waals surface area contributed by atoms with Crippen molar-refractivity contribution in [1.29, 1.82) is 0 Å². The minimum Gasteiger partial charge on any atom is -0.389 e. The highest BCUT2D eigenvalue weighted by atomic mass is 79.9. The summed E-state index contributed by atoms with van der Waals surface area (Å²) in [5, 5.41) is 3.94. The van der Waals surface area contributed by atoms with Crippen LogP contribution in [0.1, 0.15) is 22.4 Å². The molecule has 0 saturated heterocycles. The number of nitrogens with two attached hydrogens (primary N) is 1. The molecular formula is C15H15BrClN3S. The molecule has 3 nitrogen and oxygen atoms in total. The molecule has 0 radical (unpaired) electrons. The van der Waals surface area contributed by atoms with Gasteiger partial charge >= 0.3 is 0 Å². The van der Waals surface area contributed by atoms with Crippen LogP contribution in [0, 0.1) is 20.8 Å². The van der Waals surface area contributed by atoms with Gasteiger partial charge in [0.1, 0.15) is 10.8 Å². The zero-order valence-corrected chi connectivity index (χ0v) is 15.1. The van der Waals surface area contributed by atoms with E-state index in [2.05, 4.69) is 26.2 Å². The van der Waals surface area contributed by atoms with Crippen molar-refractivity contribution >= 4 is 56.2 Å². The topological polar surface area (TPSA) is 50.9 Å². The fraction of sp³-hybridized carbons (Fsp3) is 0.200. The normalized spacial score (nSPS) is 10.5. The van der Waals surface area contributed by atoms with E-state index < -0.39 is 0 Å². The largest absolute Gasteiger partial charge is 0.389 e. The summed E-state index contributed by atoms with van der Waals surface area (Å²) < 4.78 is 0.902. The Balaban J connectivity index is 2.54. The molecule has 0 aliphatic rings. The van der Waals surface area contributed by atoms with E-state index in [1.165, 1.54) is 0 Å². The molecule has 0 atom stereocenters. The van der Waals surface area contributed by atoms with Crippen LogP contribution < -0.4 is 11.1 Å². The molecule has 0 aliphatic carbocycles. The van der Waals surface area contributed by atoms with E-state index in [4.69, 9.17) is 29.6 Å². The van der Waals surface area contributed by atoms with E-state index in [9.17, 15) is 0 Å². The van der Waals surface area contributed by atoms with Gasteiger partial charge in [0.15, 0.2) is 0 Å². The van der Waals surface area contributed by atoms with Gasteiger partial charge in [-0.3, -0.25) is 0 Å². The number of anilines is 2. The van der Waals surface area contributed by atoms with Crippen molar-refractivity contribution in [3.05, 3.63) is 50.1 Å². The lowest BCUT2D eigenvalue weighted by Gasteiger charge is -2.15. The number of hydrogen-bond acceptors (Lipinski definition) is 3. The van der Waals surface area contributed by atoms with Gasteiger partial charge in [0, 0.05) is 15.2 Å². The lowest BCUT2D eigenvalue weighted by molar-refractivity contribution is 1.17. The molecule has 0 amide bonds. The van der Waals surface area contributed by atoms with Crippen LogP contribution in [0.2, 0.25) is 5.02 Å². The molecule has 0 spiro atoms. The molecule has 1 heterocycles. The number of halogens is 2. The summed E-state index contributed by atoms with van der Waals surface area (Å²) in [5.41, 5.74) is 10.3.